The van der Waals surface area contributed by atoms with Crippen LogP contribution in [0.5, 0.6) is 0 Å². The number of fused-ring (bicyclic) bond motifs is 1. The van der Waals surface area contributed by atoms with Gasteiger partial charge in [0.05, 0.1) is 25.0 Å². The first-order valence-electron chi connectivity index (χ1n) is 11.0. The van der Waals surface area contributed by atoms with E-state index < -0.39 is 12.0 Å². The third-order valence-electron chi connectivity index (χ3n) is 6.30. The lowest BCUT2D eigenvalue weighted by Crippen LogP contribution is -2.42. The average molecular weight is 471 g/mol. The van der Waals surface area contributed by atoms with Gasteiger partial charge in [0, 0.05) is 23.9 Å². The predicted octanol–water partition coefficient (Wildman–Crippen LogP) is 4.08. The summed E-state index contributed by atoms with van der Waals surface area (Å²) in [5.74, 6) is -0.166. The number of aryl methyl sites for hydroxylation is 2. The summed E-state index contributed by atoms with van der Waals surface area (Å²) in [7, 11) is 1.31. The lowest BCUT2D eigenvalue weighted by Gasteiger charge is -2.33. The topological polar surface area (TPSA) is 84.4 Å². The van der Waals surface area contributed by atoms with Crippen molar-refractivity contribution in [2.75, 3.05) is 25.1 Å². The van der Waals surface area contributed by atoms with Crippen LogP contribution >= 0.6 is 11.3 Å². The molecule has 3 aromatic rings. The van der Waals surface area contributed by atoms with E-state index >= 15 is 0 Å². The number of anilines is 1. The number of amides is 1. The first-order chi connectivity index (χ1) is 15.9. The van der Waals surface area contributed by atoms with Gasteiger partial charge in [-0.15, -0.1) is 11.3 Å². The van der Waals surface area contributed by atoms with Gasteiger partial charge in [-0.1, -0.05) is 12.1 Å². The van der Waals surface area contributed by atoms with Gasteiger partial charge in [-0.3, -0.25) is 9.59 Å². The van der Waals surface area contributed by atoms with Gasteiger partial charge in [-0.25, -0.2) is 14.4 Å². The maximum absolute atomic E-state index is 13.3. The molecule has 1 aromatic carbocycles. The highest BCUT2D eigenvalue weighted by Crippen LogP contribution is 2.35. The third kappa shape index (κ3) is 4.98. The number of hydrogen-bond donors (Lipinski definition) is 1. The Morgan fingerprint density at radius 2 is 1.91 bits per heavy atom. The van der Waals surface area contributed by atoms with E-state index in [4.69, 9.17) is 4.74 Å². The molecule has 0 aliphatic carbocycles. The van der Waals surface area contributed by atoms with Crippen molar-refractivity contribution in [3.63, 3.8) is 0 Å². The van der Waals surface area contributed by atoms with Crippen LogP contribution in [0.4, 0.5) is 10.2 Å². The van der Waals surface area contributed by atoms with E-state index in [-0.39, 0.29) is 24.1 Å². The van der Waals surface area contributed by atoms with Crippen molar-refractivity contribution in [1.82, 2.24) is 15.3 Å². The number of benzene rings is 1. The normalized spacial score (nSPS) is 15.5. The van der Waals surface area contributed by atoms with Gasteiger partial charge < -0.3 is 15.0 Å². The third-order valence-corrected chi connectivity index (χ3v) is 7.41. The monoisotopic (exact) mass is 470 g/mol. The largest absolute Gasteiger partial charge is 0.469 e. The Hall–Kier alpha value is -3.07. The zero-order chi connectivity index (χ0) is 23.5. The molecule has 1 aliphatic heterocycles. The van der Waals surface area contributed by atoms with Crippen LogP contribution in [0.3, 0.4) is 0 Å². The summed E-state index contributed by atoms with van der Waals surface area (Å²) >= 11 is 1.67. The molecule has 33 heavy (non-hydrogen) atoms. The van der Waals surface area contributed by atoms with E-state index in [2.05, 4.69) is 34.0 Å². The molecule has 2 aromatic heterocycles. The molecule has 1 N–H and O–H groups in total. The van der Waals surface area contributed by atoms with Crippen LogP contribution in [0.2, 0.25) is 0 Å². The summed E-state index contributed by atoms with van der Waals surface area (Å²) < 4.78 is 18.1. The molecule has 174 valence electrons. The molecule has 0 bridgehead atoms. The molecule has 0 saturated carbocycles. The zero-order valence-electron chi connectivity index (χ0n) is 18.9. The molecule has 0 spiro atoms. The number of thiophene rings is 1. The molecule has 7 nitrogen and oxygen atoms in total. The fourth-order valence-corrected chi connectivity index (χ4v) is 5.24. The summed E-state index contributed by atoms with van der Waals surface area (Å²) in [6.07, 6.45) is 2.94. The van der Waals surface area contributed by atoms with Crippen LogP contribution in [0.15, 0.2) is 30.6 Å². The maximum Gasteiger partial charge on any atom is 0.307 e. The van der Waals surface area contributed by atoms with Crippen LogP contribution in [0.25, 0.3) is 10.2 Å². The van der Waals surface area contributed by atoms with Gasteiger partial charge in [0.2, 0.25) is 5.91 Å². The zero-order valence-corrected chi connectivity index (χ0v) is 19.7. The first-order valence-corrected chi connectivity index (χ1v) is 11.8. The van der Waals surface area contributed by atoms with Gasteiger partial charge in [0.25, 0.3) is 0 Å². The van der Waals surface area contributed by atoms with Gasteiger partial charge in [-0.05, 0) is 49.9 Å². The second-order valence-electron chi connectivity index (χ2n) is 8.31. The summed E-state index contributed by atoms with van der Waals surface area (Å²) in [6.45, 7) is 5.60. The van der Waals surface area contributed by atoms with E-state index in [0.29, 0.717) is 31.5 Å². The van der Waals surface area contributed by atoms with Crippen molar-refractivity contribution in [3.05, 3.63) is 52.4 Å². The highest BCUT2D eigenvalue weighted by molar-refractivity contribution is 7.18. The molecule has 3 heterocycles. The number of ether oxygens (including phenoxy) is 1. The lowest BCUT2D eigenvalue weighted by molar-refractivity contribution is -0.141. The van der Waals surface area contributed by atoms with Crippen molar-refractivity contribution >= 4 is 39.2 Å². The molecule has 1 atom stereocenters. The fourth-order valence-electron chi connectivity index (χ4n) is 4.24. The van der Waals surface area contributed by atoms with E-state index in [1.54, 1.807) is 29.8 Å². The fraction of sp³-hybridized carbons (Fsp3) is 0.417. The minimum Gasteiger partial charge on any atom is -0.469 e. The Morgan fingerprint density at radius 3 is 2.58 bits per heavy atom. The van der Waals surface area contributed by atoms with Gasteiger partial charge >= 0.3 is 5.97 Å². The van der Waals surface area contributed by atoms with Crippen LogP contribution in [0, 0.1) is 25.6 Å². The van der Waals surface area contributed by atoms with Crippen LogP contribution in [-0.2, 0) is 14.3 Å². The molecule has 1 amide bonds. The van der Waals surface area contributed by atoms with E-state index in [0.717, 1.165) is 16.0 Å². The molecule has 9 heteroatoms. The molecular weight excluding hydrogens is 443 g/mol. The predicted molar refractivity (Wildman–Crippen MR) is 126 cm³/mol. The van der Waals surface area contributed by atoms with Crippen molar-refractivity contribution in [1.29, 1.82) is 0 Å². The maximum atomic E-state index is 13.3. The number of esters is 1. The molecule has 4 rings (SSSR count). The number of rotatable bonds is 6. The molecule has 1 fully saturated rings. The number of carbonyl (C=O) groups excluding carboxylic acids is 2. The number of carbonyl (C=O) groups is 2. The van der Waals surface area contributed by atoms with E-state index in [9.17, 15) is 14.0 Å². The van der Waals surface area contributed by atoms with Gasteiger partial charge in [0.1, 0.15) is 22.8 Å². The van der Waals surface area contributed by atoms with Crippen molar-refractivity contribution in [2.45, 2.75) is 39.2 Å². The Morgan fingerprint density at radius 1 is 1.21 bits per heavy atom. The van der Waals surface area contributed by atoms with Gasteiger partial charge in [0.15, 0.2) is 0 Å². The van der Waals surface area contributed by atoms with Crippen LogP contribution in [-0.4, -0.2) is 42.0 Å². The second-order valence-corrected chi connectivity index (χ2v) is 9.52. The Balaban J connectivity index is 1.44. The highest BCUT2D eigenvalue weighted by Gasteiger charge is 2.29. The Kier molecular flexibility index (Phi) is 6.88. The van der Waals surface area contributed by atoms with Crippen molar-refractivity contribution in [3.8, 4) is 0 Å². The molecule has 1 saturated heterocycles. The summed E-state index contributed by atoms with van der Waals surface area (Å²) in [5.41, 5.74) is 1.87. The number of halogens is 1. The Labute approximate surface area is 196 Å². The molecule has 0 radical (unpaired) electrons. The minimum absolute atomic E-state index is 0.0115. The average Bonchev–Trinajstić information content (AvgIpc) is 3.12. The summed E-state index contributed by atoms with van der Waals surface area (Å²) in [5, 5.41) is 4.07. The smallest absolute Gasteiger partial charge is 0.307 e. The number of nitrogens with one attached hydrogen (secondary N) is 1. The first kappa shape index (κ1) is 23.1. The summed E-state index contributed by atoms with van der Waals surface area (Å²) in [4.78, 5) is 38.3. The number of methoxy groups -OCH3 is 1. The Bertz CT molecular complexity index is 1160. The lowest BCUT2D eigenvalue weighted by atomic mass is 9.94. The number of aromatic nitrogens is 2. The number of nitrogens with zero attached hydrogens (tertiary/aromatic N) is 3. The quantitative estimate of drug-likeness (QED) is 0.547. The number of hydrogen-bond acceptors (Lipinski definition) is 7. The van der Waals surface area contributed by atoms with E-state index in [1.807, 2.05) is 0 Å². The molecular formula is C24H27FN4O3S. The SMILES string of the molecule is COC(=O)CC(NC(=O)C1CCN(c2ncnc3sc(C)c(C)c23)CC1)c1ccc(F)cc1. The van der Waals surface area contributed by atoms with Gasteiger partial charge in [-0.2, -0.15) is 0 Å². The highest BCUT2D eigenvalue weighted by atomic mass is 32.1. The molecule has 1 aliphatic rings. The second kappa shape index (κ2) is 9.82. The van der Waals surface area contributed by atoms with E-state index in [1.165, 1.54) is 29.7 Å². The standard InChI is InChI=1S/C24H27FN4O3S/c1-14-15(2)33-24-21(14)22(26-13-27-24)29-10-8-17(9-11-29)23(31)28-19(12-20(30)32-3)16-4-6-18(25)7-5-16/h4-7,13,17,19H,8-12H2,1-3H3,(H,28,31). The van der Waals surface area contributed by atoms with Crippen molar-refractivity contribution < 1.29 is 18.7 Å². The molecule has 1 unspecified atom stereocenters. The van der Waals surface area contributed by atoms with Crippen molar-refractivity contribution in [2.24, 2.45) is 5.92 Å². The number of piperidine rings is 1. The summed E-state index contributed by atoms with van der Waals surface area (Å²) in [6, 6.07) is 5.23. The minimum atomic E-state index is -0.568. The van der Waals surface area contributed by atoms with Crippen LogP contribution < -0.4 is 10.2 Å². The van der Waals surface area contributed by atoms with Crippen LogP contribution in [0.1, 0.15) is 41.3 Å².